The summed E-state index contributed by atoms with van der Waals surface area (Å²) in [6.45, 7) is 0.308. The quantitative estimate of drug-likeness (QED) is 0.928. The van der Waals surface area contributed by atoms with Gasteiger partial charge in [-0.15, -0.1) is 0 Å². The van der Waals surface area contributed by atoms with Gasteiger partial charge in [0.2, 0.25) is 0 Å². The number of amides is 1. The van der Waals surface area contributed by atoms with E-state index in [4.69, 9.17) is 5.26 Å². The Morgan fingerprint density at radius 2 is 2.04 bits per heavy atom. The van der Waals surface area contributed by atoms with Crippen molar-refractivity contribution >= 4 is 15.7 Å². The number of sulfone groups is 1. The number of hydrogen-bond acceptors (Lipinski definition) is 4. The van der Waals surface area contributed by atoms with E-state index in [1.54, 1.807) is 30.3 Å². The Morgan fingerprint density at radius 3 is 2.83 bits per heavy atom. The summed E-state index contributed by atoms with van der Waals surface area (Å²) in [5.41, 5.74) is 2.53. The standard InChI is InChI=1S/C18H16N2O3S/c19-11-13-3-1-4-16(9-13)18(21)20-12-14-6-7-17-15(10-14)5-2-8-24(17,22)23/h1,3-4,6-7,9-10H,2,5,8,12H2,(H,20,21). The molecule has 2 aromatic rings. The number of rotatable bonds is 3. The fraction of sp³-hybridized carbons (Fsp3) is 0.222. The summed E-state index contributed by atoms with van der Waals surface area (Å²) in [4.78, 5) is 12.6. The van der Waals surface area contributed by atoms with Gasteiger partial charge in [0.05, 0.1) is 22.3 Å². The molecule has 1 amide bonds. The molecule has 1 aliphatic heterocycles. The van der Waals surface area contributed by atoms with Gasteiger partial charge in [0.15, 0.2) is 9.84 Å². The molecule has 122 valence electrons. The van der Waals surface area contributed by atoms with Crippen LogP contribution in [0.3, 0.4) is 0 Å². The number of nitriles is 1. The third kappa shape index (κ3) is 3.31. The van der Waals surface area contributed by atoms with Gasteiger partial charge in [0.25, 0.3) is 5.91 Å². The first-order chi connectivity index (χ1) is 11.5. The predicted octanol–water partition coefficient (Wildman–Crippen LogP) is 2.21. The van der Waals surface area contributed by atoms with E-state index >= 15 is 0 Å². The van der Waals surface area contributed by atoms with Crippen molar-refractivity contribution in [3.8, 4) is 6.07 Å². The van der Waals surface area contributed by atoms with Crippen molar-refractivity contribution in [2.75, 3.05) is 5.75 Å². The molecule has 1 N–H and O–H groups in total. The number of fused-ring (bicyclic) bond motifs is 1. The highest BCUT2D eigenvalue weighted by Crippen LogP contribution is 2.25. The summed E-state index contributed by atoms with van der Waals surface area (Å²) >= 11 is 0. The topological polar surface area (TPSA) is 87.0 Å². The lowest BCUT2D eigenvalue weighted by Crippen LogP contribution is -2.23. The van der Waals surface area contributed by atoms with Gasteiger partial charge in [-0.05, 0) is 48.2 Å². The molecule has 0 saturated heterocycles. The van der Waals surface area contributed by atoms with Gasteiger partial charge in [-0.2, -0.15) is 5.26 Å². The Balaban J connectivity index is 1.73. The molecule has 0 radical (unpaired) electrons. The Labute approximate surface area is 140 Å². The zero-order valence-electron chi connectivity index (χ0n) is 13.0. The van der Waals surface area contributed by atoms with Crippen molar-refractivity contribution in [2.24, 2.45) is 0 Å². The van der Waals surface area contributed by atoms with Crippen LogP contribution in [0.5, 0.6) is 0 Å². The Hall–Kier alpha value is -2.65. The van der Waals surface area contributed by atoms with E-state index in [1.807, 2.05) is 12.1 Å². The molecule has 0 atom stereocenters. The number of hydrogen-bond donors (Lipinski definition) is 1. The lowest BCUT2D eigenvalue weighted by molar-refractivity contribution is 0.0951. The van der Waals surface area contributed by atoms with E-state index in [-0.39, 0.29) is 11.7 Å². The molecular formula is C18H16N2O3S. The number of aryl methyl sites for hydroxylation is 1. The third-order valence-corrected chi connectivity index (χ3v) is 5.92. The molecular weight excluding hydrogens is 324 g/mol. The monoisotopic (exact) mass is 340 g/mol. The Kier molecular flexibility index (Phi) is 4.36. The second-order valence-corrected chi connectivity index (χ2v) is 7.82. The Bertz CT molecular complexity index is 943. The van der Waals surface area contributed by atoms with Gasteiger partial charge in [-0.25, -0.2) is 8.42 Å². The maximum atomic E-state index is 12.2. The van der Waals surface area contributed by atoms with Crippen LogP contribution in [0.2, 0.25) is 0 Å². The molecule has 0 saturated carbocycles. The molecule has 1 heterocycles. The average molecular weight is 340 g/mol. The molecule has 0 aromatic heterocycles. The van der Waals surface area contributed by atoms with Crippen LogP contribution in [0.1, 0.15) is 33.5 Å². The second kappa shape index (κ2) is 6.46. The lowest BCUT2D eigenvalue weighted by Gasteiger charge is -2.17. The zero-order chi connectivity index (χ0) is 17.2. The van der Waals surface area contributed by atoms with Gasteiger partial charge in [0.1, 0.15) is 0 Å². The number of nitrogens with one attached hydrogen (secondary N) is 1. The van der Waals surface area contributed by atoms with E-state index in [9.17, 15) is 13.2 Å². The molecule has 1 aliphatic rings. The van der Waals surface area contributed by atoms with Crippen molar-refractivity contribution in [3.63, 3.8) is 0 Å². The third-order valence-electron chi connectivity index (χ3n) is 4.03. The maximum Gasteiger partial charge on any atom is 0.251 e. The summed E-state index contributed by atoms with van der Waals surface area (Å²) < 4.78 is 24.0. The molecule has 3 rings (SSSR count). The molecule has 0 unspecified atom stereocenters. The number of benzene rings is 2. The number of nitrogens with zero attached hydrogens (tertiary/aromatic N) is 1. The summed E-state index contributed by atoms with van der Waals surface area (Å²) in [5, 5.41) is 11.7. The first kappa shape index (κ1) is 16.2. The lowest BCUT2D eigenvalue weighted by atomic mass is 10.1. The first-order valence-corrected chi connectivity index (χ1v) is 9.28. The molecule has 24 heavy (non-hydrogen) atoms. The Morgan fingerprint density at radius 1 is 1.21 bits per heavy atom. The van der Waals surface area contributed by atoms with Crippen LogP contribution in [-0.4, -0.2) is 20.1 Å². The second-order valence-electron chi connectivity index (χ2n) is 5.74. The molecule has 2 aromatic carbocycles. The number of carbonyl (C=O) groups is 1. The smallest absolute Gasteiger partial charge is 0.251 e. The minimum absolute atomic E-state index is 0.200. The summed E-state index contributed by atoms with van der Waals surface area (Å²) in [6.07, 6.45) is 1.37. The SMILES string of the molecule is N#Cc1cccc(C(=O)NCc2ccc3c(c2)CCCS3(=O)=O)c1. The highest BCUT2D eigenvalue weighted by atomic mass is 32.2. The van der Waals surface area contributed by atoms with Crippen molar-refractivity contribution < 1.29 is 13.2 Å². The average Bonchev–Trinajstić information content (AvgIpc) is 2.59. The summed E-state index contributed by atoms with van der Waals surface area (Å²) in [6, 6.07) is 13.7. The predicted molar refractivity (Wildman–Crippen MR) is 89.1 cm³/mol. The van der Waals surface area contributed by atoms with Gasteiger partial charge >= 0.3 is 0 Å². The van der Waals surface area contributed by atoms with Crippen LogP contribution in [0.25, 0.3) is 0 Å². The molecule has 6 heteroatoms. The fourth-order valence-corrected chi connectivity index (χ4v) is 4.40. The van der Waals surface area contributed by atoms with E-state index in [1.165, 1.54) is 6.07 Å². The van der Waals surface area contributed by atoms with E-state index in [0.29, 0.717) is 29.0 Å². The molecule has 0 bridgehead atoms. The van der Waals surface area contributed by atoms with Crippen LogP contribution in [-0.2, 0) is 22.8 Å². The van der Waals surface area contributed by atoms with Gasteiger partial charge in [0, 0.05) is 12.1 Å². The van der Waals surface area contributed by atoms with Crippen molar-refractivity contribution in [2.45, 2.75) is 24.3 Å². The van der Waals surface area contributed by atoms with E-state index in [0.717, 1.165) is 17.5 Å². The van der Waals surface area contributed by atoms with Gasteiger partial charge in [-0.3, -0.25) is 4.79 Å². The van der Waals surface area contributed by atoms with Crippen LogP contribution < -0.4 is 5.32 Å². The van der Waals surface area contributed by atoms with Crippen molar-refractivity contribution in [1.82, 2.24) is 5.32 Å². The van der Waals surface area contributed by atoms with Crippen LogP contribution in [0.4, 0.5) is 0 Å². The summed E-state index contributed by atoms with van der Waals surface area (Å²) in [7, 11) is -3.16. The zero-order valence-corrected chi connectivity index (χ0v) is 13.8. The van der Waals surface area contributed by atoms with Crippen LogP contribution in [0.15, 0.2) is 47.4 Å². The van der Waals surface area contributed by atoms with Gasteiger partial charge < -0.3 is 5.32 Å². The van der Waals surface area contributed by atoms with Crippen molar-refractivity contribution in [3.05, 3.63) is 64.7 Å². The minimum atomic E-state index is -3.16. The molecule has 0 fully saturated rings. The summed E-state index contributed by atoms with van der Waals surface area (Å²) in [5.74, 6) is -0.0665. The van der Waals surface area contributed by atoms with Gasteiger partial charge in [-0.1, -0.05) is 18.2 Å². The molecule has 0 spiro atoms. The normalized spacial score (nSPS) is 15.1. The van der Waals surface area contributed by atoms with Crippen LogP contribution >= 0.6 is 0 Å². The fourth-order valence-electron chi connectivity index (χ4n) is 2.82. The van der Waals surface area contributed by atoms with Crippen molar-refractivity contribution in [1.29, 1.82) is 5.26 Å². The largest absolute Gasteiger partial charge is 0.348 e. The van der Waals surface area contributed by atoms with Crippen LogP contribution in [0, 0.1) is 11.3 Å². The first-order valence-electron chi connectivity index (χ1n) is 7.62. The maximum absolute atomic E-state index is 12.2. The molecule has 0 aliphatic carbocycles. The highest BCUT2D eigenvalue weighted by molar-refractivity contribution is 7.91. The number of carbonyl (C=O) groups excluding carboxylic acids is 1. The van der Waals surface area contributed by atoms with E-state index < -0.39 is 9.84 Å². The van der Waals surface area contributed by atoms with E-state index in [2.05, 4.69) is 5.32 Å². The molecule has 5 nitrogen and oxygen atoms in total. The highest BCUT2D eigenvalue weighted by Gasteiger charge is 2.23. The minimum Gasteiger partial charge on any atom is -0.348 e.